The van der Waals surface area contributed by atoms with Crippen LogP contribution in [0.5, 0.6) is 0 Å². The van der Waals surface area contributed by atoms with Crippen LogP contribution < -0.4 is 11.5 Å². The fourth-order valence-electron chi connectivity index (χ4n) is 2.94. The molecule has 1 aromatic rings. The zero-order chi connectivity index (χ0) is 15.6. The number of fused-ring (bicyclic) bond motifs is 1. The van der Waals surface area contributed by atoms with Gasteiger partial charge in [-0.05, 0) is 30.9 Å². The second kappa shape index (κ2) is 6.18. The molecule has 0 radical (unpaired) electrons. The molecule has 1 aromatic carbocycles. The minimum atomic E-state index is -0.588. The molecule has 0 bridgehead atoms. The van der Waals surface area contributed by atoms with E-state index in [2.05, 4.69) is 0 Å². The highest BCUT2D eigenvalue weighted by atomic mass is 16.1. The molecule has 4 N–H and O–H groups in total. The number of hydrogen-bond acceptors (Lipinski definition) is 4. The lowest BCUT2D eigenvalue weighted by Crippen LogP contribution is -2.33. The predicted molar refractivity (Wildman–Crippen MR) is 78.5 cm³/mol. The third kappa shape index (κ3) is 3.19. The Balaban J connectivity index is 2.23. The standard InChI is InChI=1S/C16H20N2O3/c1-9(19)2-4-13(16(18)21)14-7-11-6-10(8-17)3-5-12(11)15(14)20/h3,5-6,13-14H,2,4,7-8,17H2,1H3,(H2,18,21). The summed E-state index contributed by atoms with van der Waals surface area (Å²) in [5.41, 5.74) is 13.6. The largest absolute Gasteiger partial charge is 0.369 e. The highest BCUT2D eigenvalue weighted by Gasteiger charge is 2.38. The van der Waals surface area contributed by atoms with Gasteiger partial charge in [-0.25, -0.2) is 0 Å². The van der Waals surface area contributed by atoms with Crippen molar-refractivity contribution in [2.24, 2.45) is 23.3 Å². The van der Waals surface area contributed by atoms with Crippen molar-refractivity contribution in [3.8, 4) is 0 Å². The van der Waals surface area contributed by atoms with Crippen LogP contribution in [0, 0.1) is 11.8 Å². The number of rotatable bonds is 6. The van der Waals surface area contributed by atoms with Gasteiger partial charge in [-0.3, -0.25) is 9.59 Å². The Morgan fingerprint density at radius 2 is 2.10 bits per heavy atom. The van der Waals surface area contributed by atoms with Gasteiger partial charge in [0.05, 0.1) is 0 Å². The highest BCUT2D eigenvalue weighted by molar-refractivity contribution is 6.04. The monoisotopic (exact) mass is 288 g/mol. The van der Waals surface area contributed by atoms with Crippen LogP contribution in [0.1, 0.15) is 41.3 Å². The molecule has 2 unspecified atom stereocenters. The summed E-state index contributed by atoms with van der Waals surface area (Å²) >= 11 is 0. The first-order valence-electron chi connectivity index (χ1n) is 7.09. The van der Waals surface area contributed by atoms with E-state index in [1.54, 1.807) is 6.07 Å². The Morgan fingerprint density at radius 1 is 1.38 bits per heavy atom. The molecule has 5 heteroatoms. The number of Topliss-reactive ketones (excluding diaryl/α,β-unsaturated/α-hetero) is 2. The molecular weight excluding hydrogens is 268 g/mol. The van der Waals surface area contributed by atoms with E-state index in [4.69, 9.17) is 11.5 Å². The normalized spacial score (nSPS) is 18.4. The molecule has 1 amide bonds. The van der Waals surface area contributed by atoms with Crippen molar-refractivity contribution < 1.29 is 14.4 Å². The number of carbonyl (C=O) groups excluding carboxylic acids is 3. The second-order valence-corrected chi connectivity index (χ2v) is 5.62. The summed E-state index contributed by atoms with van der Waals surface area (Å²) in [5, 5.41) is 0. The summed E-state index contributed by atoms with van der Waals surface area (Å²) in [4.78, 5) is 35.2. The van der Waals surface area contributed by atoms with Crippen molar-refractivity contribution in [3.63, 3.8) is 0 Å². The van der Waals surface area contributed by atoms with Gasteiger partial charge in [0.1, 0.15) is 5.78 Å². The molecule has 0 fully saturated rings. The lowest BCUT2D eigenvalue weighted by molar-refractivity contribution is -0.123. The Hall–Kier alpha value is -2.01. The molecule has 112 valence electrons. The first-order chi connectivity index (χ1) is 9.93. The highest BCUT2D eigenvalue weighted by Crippen LogP contribution is 2.34. The van der Waals surface area contributed by atoms with Crippen LogP contribution in [-0.2, 0) is 22.6 Å². The third-order valence-electron chi connectivity index (χ3n) is 4.11. The van der Waals surface area contributed by atoms with Crippen molar-refractivity contribution in [2.75, 3.05) is 0 Å². The van der Waals surface area contributed by atoms with Gasteiger partial charge in [0.2, 0.25) is 5.91 Å². The molecule has 5 nitrogen and oxygen atoms in total. The minimum absolute atomic E-state index is 0.00497. The Kier molecular flexibility index (Phi) is 4.53. The van der Waals surface area contributed by atoms with Gasteiger partial charge in [-0.2, -0.15) is 0 Å². The molecule has 0 saturated carbocycles. The number of carbonyl (C=O) groups is 3. The fourth-order valence-corrected chi connectivity index (χ4v) is 2.94. The van der Waals surface area contributed by atoms with Crippen LogP contribution in [0.3, 0.4) is 0 Å². The average molecular weight is 288 g/mol. The van der Waals surface area contributed by atoms with Crippen LogP contribution in [0.25, 0.3) is 0 Å². The summed E-state index contributed by atoms with van der Waals surface area (Å²) in [6.07, 6.45) is 1.09. The molecule has 0 spiro atoms. The maximum atomic E-state index is 12.5. The van der Waals surface area contributed by atoms with Crippen LogP contribution in [0.15, 0.2) is 18.2 Å². The van der Waals surface area contributed by atoms with Crippen LogP contribution in [0.4, 0.5) is 0 Å². The Labute approximate surface area is 123 Å². The van der Waals surface area contributed by atoms with Crippen molar-refractivity contribution in [2.45, 2.75) is 32.7 Å². The Bertz CT molecular complexity index is 595. The van der Waals surface area contributed by atoms with Crippen LogP contribution >= 0.6 is 0 Å². The quantitative estimate of drug-likeness (QED) is 0.814. The van der Waals surface area contributed by atoms with E-state index in [0.717, 1.165) is 11.1 Å². The fraction of sp³-hybridized carbons (Fsp3) is 0.438. The number of ketones is 2. The molecule has 0 aliphatic heterocycles. The third-order valence-corrected chi connectivity index (χ3v) is 4.11. The predicted octanol–water partition coefficient (Wildman–Crippen LogP) is 0.971. The van der Waals surface area contributed by atoms with Gasteiger partial charge in [0.25, 0.3) is 0 Å². The molecule has 2 rings (SSSR count). The number of hydrogen-bond donors (Lipinski definition) is 2. The van der Waals surface area contributed by atoms with Crippen molar-refractivity contribution in [3.05, 3.63) is 34.9 Å². The maximum Gasteiger partial charge on any atom is 0.221 e. The summed E-state index contributed by atoms with van der Waals surface area (Å²) in [6, 6.07) is 5.51. The molecule has 1 aliphatic rings. The van der Waals surface area contributed by atoms with Gasteiger partial charge in [0.15, 0.2) is 5.78 Å². The first kappa shape index (κ1) is 15.4. The van der Waals surface area contributed by atoms with E-state index in [1.165, 1.54) is 6.92 Å². The minimum Gasteiger partial charge on any atom is -0.369 e. The van der Waals surface area contributed by atoms with E-state index in [1.807, 2.05) is 12.1 Å². The van der Waals surface area contributed by atoms with Gasteiger partial charge < -0.3 is 16.3 Å². The summed E-state index contributed by atoms with van der Waals surface area (Å²) in [5.74, 6) is -1.61. The van der Waals surface area contributed by atoms with Crippen molar-refractivity contribution in [1.82, 2.24) is 0 Å². The summed E-state index contributed by atoms with van der Waals surface area (Å²) in [7, 11) is 0. The molecule has 0 aromatic heterocycles. The lowest BCUT2D eigenvalue weighted by Gasteiger charge is -2.18. The number of benzene rings is 1. The van der Waals surface area contributed by atoms with E-state index in [9.17, 15) is 14.4 Å². The SMILES string of the molecule is CC(=O)CCC(C(N)=O)C1Cc2cc(CN)ccc2C1=O. The summed E-state index contributed by atoms with van der Waals surface area (Å²) in [6.45, 7) is 1.88. The van der Waals surface area contributed by atoms with Crippen LogP contribution in [-0.4, -0.2) is 17.5 Å². The second-order valence-electron chi connectivity index (χ2n) is 5.62. The molecule has 0 saturated heterocycles. The van der Waals surface area contributed by atoms with Crippen molar-refractivity contribution >= 4 is 17.5 Å². The maximum absolute atomic E-state index is 12.5. The zero-order valence-corrected chi connectivity index (χ0v) is 12.1. The molecule has 2 atom stereocenters. The zero-order valence-electron chi connectivity index (χ0n) is 12.1. The Morgan fingerprint density at radius 3 is 2.67 bits per heavy atom. The number of primary amides is 1. The molecular formula is C16H20N2O3. The summed E-state index contributed by atoms with van der Waals surface area (Å²) < 4.78 is 0. The van der Waals surface area contributed by atoms with Gasteiger partial charge in [-0.1, -0.05) is 18.2 Å². The van der Waals surface area contributed by atoms with Crippen molar-refractivity contribution in [1.29, 1.82) is 0 Å². The lowest BCUT2D eigenvalue weighted by atomic mass is 9.84. The smallest absolute Gasteiger partial charge is 0.221 e. The van der Waals surface area contributed by atoms with Gasteiger partial charge in [-0.15, -0.1) is 0 Å². The van der Waals surface area contributed by atoms with Gasteiger partial charge in [0, 0.05) is 30.4 Å². The van der Waals surface area contributed by atoms with Gasteiger partial charge >= 0.3 is 0 Å². The average Bonchev–Trinajstić information content (AvgIpc) is 2.75. The topological polar surface area (TPSA) is 103 Å². The molecule has 21 heavy (non-hydrogen) atoms. The first-order valence-corrected chi connectivity index (χ1v) is 7.09. The molecule has 1 aliphatic carbocycles. The molecule has 0 heterocycles. The number of amides is 1. The number of nitrogens with two attached hydrogens (primary N) is 2. The van der Waals surface area contributed by atoms with E-state index in [0.29, 0.717) is 24.9 Å². The van der Waals surface area contributed by atoms with E-state index < -0.39 is 17.7 Å². The van der Waals surface area contributed by atoms with E-state index >= 15 is 0 Å². The van der Waals surface area contributed by atoms with Crippen LogP contribution in [0.2, 0.25) is 0 Å². The van der Waals surface area contributed by atoms with E-state index in [-0.39, 0.29) is 18.0 Å².